The van der Waals surface area contributed by atoms with Gasteiger partial charge in [0.2, 0.25) is 0 Å². The van der Waals surface area contributed by atoms with Gasteiger partial charge in [0.05, 0.1) is 28.0 Å². The van der Waals surface area contributed by atoms with Gasteiger partial charge in [-0.2, -0.15) is 5.10 Å². The number of pyridine rings is 2. The van der Waals surface area contributed by atoms with Crippen molar-refractivity contribution in [1.29, 1.82) is 0 Å². The van der Waals surface area contributed by atoms with Crippen LogP contribution >= 0.6 is 11.6 Å². The van der Waals surface area contributed by atoms with Crippen LogP contribution in [0.25, 0.3) is 22.3 Å². The van der Waals surface area contributed by atoms with Crippen LogP contribution in [-0.4, -0.2) is 37.7 Å². The van der Waals surface area contributed by atoms with Gasteiger partial charge in [0.15, 0.2) is 16.9 Å². The Morgan fingerprint density at radius 2 is 1.91 bits per heavy atom. The molecule has 4 aromatic rings. The van der Waals surface area contributed by atoms with Crippen molar-refractivity contribution in [3.63, 3.8) is 0 Å². The molecule has 1 N–H and O–H groups in total. The first-order valence-electron chi connectivity index (χ1n) is 9.87. The van der Waals surface area contributed by atoms with E-state index in [2.05, 4.69) is 20.4 Å². The number of anilines is 1. The highest BCUT2D eigenvalue weighted by Gasteiger charge is 2.24. The first-order chi connectivity index (χ1) is 15.3. The molecule has 0 radical (unpaired) electrons. The Hall–Kier alpha value is -3.78. The summed E-state index contributed by atoms with van der Waals surface area (Å²) in [5.74, 6) is -1.17. The van der Waals surface area contributed by atoms with Gasteiger partial charge in [-0.25, -0.2) is 14.8 Å². The van der Waals surface area contributed by atoms with Crippen molar-refractivity contribution in [1.82, 2.24) is 19.7 Å². The molecule has 0 bridgehead atoms. The molecule has 1 unspecified atom stereocenters. The van der Waals surface area contributed by atoms with Gasteiger partial charge in [-0.1, -0.05) is 41.9 Å². The summed E-state index contributed by atoms with van der Waals surface area (Å²) in [6.07, 6.45) is 0.440. The molecule has 0 aliphatic heterocycles. The van der Waals surface area contributed by atoms with E-state index in [0.29, 0.717) is 33.7 Å². The van der Waals surface area contributed by atoms with E-state index in [1.54, 1.807) is 36.9 Å². The molecular formula is C23H20ClN5O3. The molecule has 0 saturated heterocycles. The summed E-state index contributed by atoms with van der Waals surface area (Å²) in [4.78, 5) is 34.3. The minimum atomic E-state index is -1.07. The van der Waals surface area contributed by atoms with Crippen LogP contribution in [-0.2, 0) is 16.6 Å². The van der Waals surface area contributed by atoms with Gasteiger partial charge >= 0.3 is 5.97 Å². The van der Waals surface area contributed by atoms with E-state index in [9.17, 15) is 9.59 Å². The number of halogens is 1. The Kier molecular flexibility index (Phi) is 5.87. The third-order valence-corrected chi connectivity index (χ3v) is 5.23. The number of amides is 1. The maximum Gasteiger partial charge on any atom is 0.339 e. The number of fused-ring (bicyclic) bond motifs is 1. The highest BCUT2D eigenvalue weighted by molar-refractivity contribution is 6.32. The highest BCUT2D eigenvalue weighted by Crippen LogP contribution is 2.27. The van der Waals surface area contributed by atoms with Gasteiger partial charge in [-0.15, -0.1) is 0 Å². The van der Waals surface area contributed by atoms with E-state index < -0.39 is 18.0 Å². The van der Waals surface area contributed by atoms with Gasteiger partial charge < -0.3 is 10.1 Å². The number of benzene rings is 1. The average Bonchev–Trinajstić information content (AvgIpc) is 3.08. The maximum absolute atomic E-state index is 13.1. The number of hydrogen-bond acceptors (Lipinski definition) is 6. The molecule has 0 saturated carbocycles. The van der Waals surface area contributed by atoms with E-state index in [4.69, 9.17) is 16.3 Å². The van der Waals surface area contributed by atoms with E-state index in [1.165, 1.54) is 13.1 Å². The Balaban J connectivity index is 1.65. The molecule has 0 aliphatic rings. The summed E-state index contributed by atoms with van der Waals surface area (Å²) in [6.45, 7) is 3.29. The zero-order valence-corrected chi connectivity index (χ0v) is 18.4. The van der Waals surface area contributed by atoms with Crippen LogP contribution in [0.2, 0.25) is 5.15 Å². The summed E-state index contributed by atoms with van der Waals surface area (Å²) < 4.78 is 7.11. The third-order valence-electron chi connectivity index (χ3n) is 4.93. The number of aryl methyl sites for hydroxylation is 2. The molecule has 4 rings (SSSR count). The number of nitrogens with one attached hydrogen (secondary N) is 1. The van der Waals surface area contributed by atoms with Crippen LogP contribution < -0.4 is 5.32 Å². The SMILES string of the molecule is Cc1nn(C)c2nc(-c3ccccc3)cc(C(=O)OC(C)C(=O)Nc3cccnc3Cl)c12. The van der Waals surface area contributed by atoms with E-state index in [-0.39, 0.29) is 5.15 Å². The lowest BCUT2D eigenvalue weighted by Crippen LogP contribution is -2.30. The number of carbonyl (C=O) groups excluding carboxylic acids is 2. The fourth-order valence-electron chi connectivity index (χ4n) is 3.35. The minimum absolute atomic E-state index is 0.147. The van der Waals surface area contributed by atoms with Crippen molar-refractivity contribution < 1.29 is 14.3 Å². The topological polar surface area (TPSA) is 99.0 Å². The predicted octanol–water partition coefficient (Wildman–Crippen LogP) is 4.18. The first kappa shape index (κ1) is 21.5. The molecule has 32 heavy (non-hydrogen) atoms. The molecule has 8 nitrogen and oxygen atoms in total. The van der Waals surface area contributed by atoms with Gasteiger partial charge in [0.25, 0.3) is 5.91 Å². The van der Waals surface area contributed by atoms with E-state index >= 15 is 0 Å². The summed E-state index contributed by atoms with van der Waals surface area (Å²) in [6, 6.07) is 14.4. The predicted molar refractivity (Wildman–Crippen MR) is 121 cm³/mol. The van der Waals surface area contributed by atoms with Crippen molar-refractivity contribution in [3.05, 3.63) is 71.1 Å². The average molecular weight is 450 g/mol. The van der Waals surface area contributed by atoms with Crippen LogP contribution in [0, 0.1) is 6.92 Å². The number of hydrogen-bond donors (Lipinski definition) is 1. The fourth-order valence-corrected chi connectivity index (χ4v) is 3.52. The quantitative estimate of drug-likeness (QED) is 0.362. The molecule has 1 aromatic carbocycles. The van der Waals surface area contributed by atoms with Crippen molar-refractivity contribution in [3.8, 4) is 11.3 Å². The molecule has 0 spiro atoms. The molecule has 1 amide bonds. The Bertz CT molecular complexity index is 1320. The van der Waals surface area contributed by atoms with Crippen LogP contribution in [0.5, 0.6) is 0 Å². The summed E-state index contributed by atoms with van der Waals surface area (Å²) in [7, 11) is 1.76. The lowest BCUT2D eigenvalue weighted by atomic mass is 10.1. The van der Waals surface area contributed by atoms with E-state index in [1.807, 2.05) is 30.3 Å². The van der Waals surface area contributed by atoms with Crippen LogP contribution in [0.1, 0.15) is 23.0 Å². The van der Waals surface area contributed by atoms with Crippen molar-refractivity contribution in [2.45, 2.75) is 20.0 Å². The molecule has 162 valence electrons. The molecule has 9 heteroatoms. The smallest absolute Gasteiger partial charge is 0.339 e. The van der Waals surface area contributed by atoms with Gasteiger partial charge in [-0.3, -0.25) is 9.48 Å². The van der Waals surface area contributed by atoms with Crippen LogP contribution in [0.3, 0.4) is 0 Å². The van der Waals surface area contributed by atoms with Gasteiger partial charge in [-0.05, 0) is 32.0 Å². The lowest BCUT2D eigenvalue weighted by molar-refractivity contribution is -0.123. The molecule has 0 fully saturated rings. The monoisotopic (exact) mass is 449 g/mol. The minimum Gasteiger partial charge on any atom is -0.449 e. The Morgan fingerprint density at radius 3 is 2.62 bits per heavy atom. The Labute approximate surface area is 189 Å². The fraction of sp³-hybridized carbons (Fsp3) is 0.174. The lowest BCUT2D eigenvalue weighted by Gasteiger charge is -2.15. The van der Waals surface area contributed by atoms with Crippen LogP contribution in [0.4, 0.5) is 5.69 Å². The number of aromatic nitrogens is 4. The third kappa shape index (κ3) is 4.17. The Morgan fingerprint density at radius 1 is 1.16 bits per heavy atom. The number of ether oxygens (including phenoxy) is 1. The van der Waals surface area contributed by atoms with Crippen molar-refractivity contribution in [2.75, 3.05) is 5.32 Å². The highest BCUT2D eigenvalue weighted by atomic mass is 35.5. The summed E-state index contributed by atoms with van der Waals surface area (Å²) >= 11 is 5.99. The molecular weight excluding hydrogens is 430 g/mol. The molecule has 3 aromatic heterocycles. The number of carbonyl (C=O) groups is 2. The molecule has 3 heterocycles. The molecule has 0 aliphatic carbocycles. The van der Waals surface area contributed by atoms with Gasteiger partial charge in [0, 0.05) is 18.8 Å². The first-order valence-corrected chi connectivity index (χ1v) is 10.2. The maximum atomic E-state index is 13.1. The number of nitrogens with zero attached hydrogens (tertiary/aromatic N) is 4. The zero-order chi connectivity index (χ0) is 22.8. The van der Waals surface area contributed by atoms with Gasteiger partial charge in [0.1, 0.15) is 0 Å². The molecule has 1 atom stereocenters. The second-order valence-electron chi connectivity index (χ2n) is 7.21. The standard InChI is InChI=1S/C23H20ClN5O3/c1-13-19-16(12-18(15-8-5-4-6-9-15)26-21(19)29(3)28-13)23(31)32-14(2)22(30)27-17-10-7-11-25-20(17)24/h4-12,14H,1-3H3,(H,27,30). The summed E-state index contributed by atoms with van der Waals surface area (Å²) in [5.41, 5.74) is 3.27. The zero-order valence-electron chi connectivity index (χ0n) is 17.7. The second-order valence-corrected chi connectivity index (χ2v) is 7.57. The number of esters is 1. The van der Waals surface area contributed by atoms with Crippen LogP contribution in [0.15, 0.2) is 54.7 Å². The summed E-state index contributed by atoms with van der Waals surface area (Å²) in [5, 5.41) is 7.74. The number of rotatable bonds is 5. The van der Waals surface area contributed by atoms with Crippen molar-refractivity contribution >= 4 is 40.2 Å². The normalized spacial score (nSPS) is 11.9. The van der Waals surface area contributed by atoms with E-state index in [0.717, 1.165) is 5.56 Å². The van der Waals surface area contributed by atoms with Crippen molar-refractivity contribution in [2.24, 2.45) is 7.05 Å². The second kappa shape index (κ2) is 8.76. The largest absolute Gasteiger partial charge is 0.449 e.